The van der Waals surface area contributed by atoms with Crippen molar-refractivity contribution in [2.45, 2.75) is 37.9 Å². The largest absolute Gasteiger partial charge is 0.427 e. The number of rotatable bonds is 5. The number of anilines is 1. The van der Waals surface area contributed by atoms with Gasteiger partial charge >= 0.3 is 5.63 Å². The van der Waals surface area contributed by atoms with Gasteiger partial charge in [0.15, 0.2) is 9.84 Å². The average molecular weight is 375 g/mol. The highest BCUT2D eigenvalue weighted by Gasteiger charge is 2.25. The summed E-state index contributed by atoms with van der Waals surface area (Å²) < 4.78 is 28.0. The molecule has 1 aliphatic carbocycles. The van der Waals surface area contributed by atoms with Gasteiger partial charge in [-0.1, -0.05) is 18.6 Å². The Balaban J connectivity index is 1.76. The van der Waals surface area contributed by atoms with Crippen molar-refractivity contribution in [3.05, 3.63) is 63.2 Å². The van der Waals surface area contributed by atoms with Crippen LogP contribution >= 0.6 is 0 Å². The lowest BCUT2D eigenvalue weighted by atomic mass is 9.83. The van der Waals surface area contributed by atoms with Crippen molar-refractivity contribution in [3.8, 4) is 0 Å². The number of carbonyl (C=O) groups is 1. The third-order valence-corrected chi connectivity index (χ3v) is 5.40. The highest BCUT2D eigenvalue weighted by Crippen LogP contribution is 2.36. The minimum absolute atomic E-state index is 0.00622. The van der Waals surface area contributed by atoms with Crippen LogP contribution in [0.25, 0.3) is 0 Å². The van der Waals surface area contributed by atoms with Crippen LogP contribution in [0.2, 0.25) is 0 Å². The number of carbonyl (C=O) groups excluding carboxylic acids is 1. The molecule has 1 aromatic carbocycles. The molecule has 7 heteroatoms. The van der Waals surface area contributed by atoms with Gasteiger partial charge in [-0.3, -0.25) is 4.79 Å². The lowest BCUT2D eigenvalue weighted by Crippen LogP contribution is -2.24. The number of nitrogens with one attached hydrogen (secondary N) is 1. The van der Waals surface area contributed by atoms with Crippen LogP contribution in [0.4, 0.5) is 5.69 Å². The lowest BCUT2D eigenvalue weighted by Gasteiger charge is -2.24. The van der Waals surface area contributed by atoms with Crippen molar-refractivity contribution < 1.29 is 17.6 Å². The van der Waals surface area contributed by atoms with Gasteiger partial charge in [0.1, 0.15) is 11.3 Å². The average Bonchev–Trinajstić information content (AvgIpc) is 2.45. The Kier molecular flexibility index (Phi) is 5.00. The first-order valence-corrected chi connectivity index (χ1v) is 10.5. The number of hydrogen-bond acceptors (Lipinski definition) is 5. The van der Waals surface area contributed by atoms with Gasteiger partial charge < -0.3 is 9.73 Å². The molecule has 1 aliphatic rings. The molecule has 0 saturated heterocycles. The van der Waals surface area contributed by atoms with Crippen LogP contribution in [0.3, 0.4) is 0 Å². The summed E-state index contributed by atoms with van der Waals surface area (Å²) in [6.45, 7) is 1.73. The Hall–Kier alpha value is -2.41. The maximum absolute atomic E-state index is 12.5. The van der Waals surface area contributed by atoms with E-state index in [2.05, 4.69) is 5.32 Å². The molecule has 0 spiro atoms. The van der Waals surface area contributed by atoms with Gasteiger partial charge in [-0.2, -0.15) is 0 Å². The van der Waals surface area contributed by atoms with Crippen LogP contribution in [0.5, 0.6) is 0 Å². The fraction of sp³-hybridized carbons (Fsp3) is 0.368. The third kappa shape index (κ3) is 4.22. The second-order valence-electron chi connectivity index (χ2n) is 6.84. The summed E-state index contributed by atoms with van der Waals surface area (Å²) in [5.41, 5.74) is 1.07. The zero-order valence-electron chi connectivity index (χ0n) is 14.7. The molecular formula is C19H21NO5S. The second kappa shape index (κ2) is 7.07. The van der Waals surface area contributed by atoms with Gasteiger partial charge in [0, 0.05) is 17.9 Å². The topological polar surface area (TPSA) is 93.4 Å². The van der Waals surface area contributed by atoms with Gasteiger partial charge in [0.2, 0.25) is 0 Å². The number of sulfone groups is 1. The maximum Gasteiger partial charge on any atom is 0.349 e. The van der Waals surface area contributed by atoms with Crippen molar-refractivity contribution >= 4 is 21.4 Å². The van der Waals surface area contributed by atoms with Crippen molar-refractivity contribution in [3.63, 3.8) is 0 Å². The molecule has 26 heavy (non-hydrogen) atoms. The van der Waals surface area contributed by atoms with E-state index in [9.17, 15) is 18.0 Å². The third-order valence-electron chi connectivity index (χ3n) is 4.54. The Morgan fingerprint density at radius 1 is 1.23 bits per heavy atom. The molecule has 1 amide bonds. The number of amides is 1. The zero-order valence-corrected chi connectivity index (χ0v) is 15.6. The number of aryl methyl sites for hydroxylation is 1. The first-order valence-electron chi connectivity index (χ1n) is 8.45. The normalized spacial score (nSPS) is 14.7. The summed E-state index contributed by atoms with van der Waals surface area (Å²) in [5, 5.41) is 2.66. The van der Waals surface area contributed by atoms with Crippen LogP contribution in [-0.2, 0) is 15.6 Å². The summed E-state index contributed by atoms with van der Waals surface area (Å²) in [5.74, 6) is 0.334. The summed E-state index contributed by atoms with van der Waals surface area (Å²) in [4.78, 5) is 24.7. The van der Waals surface area contributed by atoms with E-state index < -0.39 is 21.4 Å². The van der Waals surface area contributed by atoms with E-state index in [-0.39, 0.29) is 17.2 Å². The van der Waals surface area contributed by atoms with Gasteiger partial charge in [0.05, 0.1) is 5.75 Å². The summed E-state index contributed by atoms with van der Waals surface area (Å²) in [6.07, 6.45) is 4.31. The van der Waals surface area contributed by atoms with Crippen LogP contribution in [0.1, 0.15) is 52.4 Å². The fourth-order valence-electron chi connectivity index (χ4n) is 2.98. The van der Waals surface area contributed by atoms with E-state index in [0.717, 1.165) is 25.5 Å². The number of benzene rings is 1. The van der Waals surface area contributed by atoms with Crippen LogP contribution in [-0.4, -0.2) is 20.6 Å². The molecule has 1 saturated carbocycles. The summed E-state index contributed by atoms with van der Waals surface area (Å²) in [7, 11) is -3.12. The van der Waals surface area contributed by atoms with E-state index in [0.29, 0.717) is 22.6 Å². The Morgan fingerprint density at radius 3 is 2.38 bits per heavy atom. The molecule has 1 heterocycles. The van der Waals surface area contributed by atoms with Crippen molar-refractivity contribution in [1.82, 2.24) is 0 Å². The van der Waals surface area contributed by atoms with Crippen LogP contribution in [0.15, 0.2) is 39.5 Å². The molecule has 3 rings (SSSR count). The predicted molar refractivity (Wildman–Crippen MR) is 99.3 cm³/mol. The van der Waals surface area contributed by atoms with E-state index >= 15 is 0 Å². The Morgan fingerprint density at radius 2 is 1.88 bits per heavy atom. The molecule has 1 aromatic heterocycles. The quantitative estimate of drug-likeness (QED) is 0.867. The minimum Gasteiger partial charge on any atom is -0.427 e. The standard InChI is InChI=1S/C19H21NO5S/c1-12-10-16(14-4-3-5-14)25-19(22)17(12)18(21)20-15-8-6-13(7-9-15)11-26(2,23)24/h6-10,14H,3-5,11H2,1-2H3,(H,20,21). The molecule has 138 valence electrons. The van der Waals surface area contributed by atoms with Gasteiger partial charge in [0.25, 0.3) is 5.91 Å². The molecule has 2 aromatic rings. The van der Waals surface area contributed by atoms with Gasteiger partial charge in [-0.25, -0.2) is 13.2 Å². The van der Waals surface area contributed by atoms with Gasteiger partial charge in [-0.05, 0) is 49.1 Å². The molecular weight excluding hydrogens is 354 g/mol. The van der Waals surface area contributed by atoms with E-state index in [1.807, 2.05) is 0 Å². The Labute approximate surface area is 152 Å². The summed E-state index contributed by atoms with van der Waals surface area (Å²) >= 11 is 0. The highest BCUT2D eigenvalue weighted by atomic mass is 32.2. The minimum atomic E-state index is -3.12. The maximum atomic E-state index is 12.5. The van der Waals surface area contributed by atoms with E-state index in [1.165, 1.54) is 0 Å². The first kappa shape index (κ1) is 18.4. The molecule has 1 N–H and O–H groups in total. The lowest BCUT2D eigenvalue weighted by molar-refractivity contribution is 0.102. The van der Waals surface area contributed by atoms with Crippen molar-refractivity contribution in [2.24, 2.45) is 0 Å². The molecule has 0 unspecified atom stereocenters. The Bertz CT molecular complexity index is 986. The smallest absolute Gasteiger partial charge is 0.349 e. The zero-order chi connectivity index (χ0) is 18.9. The molecule has 0 aliphatic heterocycles. The molecule has 0 radical (unpaired) electrons. The predicted octanol–water partition coefficient (Wildman–Crippen LogP) is 3.01. The number of hydrogen-bond donors (Lipinski definition) is 1. The van der Waals surface area contributed by atoms with Gasteiger partial charge in [-0.15, -0.1) is 0 Å². The molecule has 0 atom stereocenters. The SMILES string of the molecule is Cc1cc(C2CCC2)oc(=O)c1C(=O)Nc1ccc(CS(C)(=O)=O)cc1. The van der Waals surface area contributed by atoms with E-state index in [4.69, 9.17) is 4.42 Å². The van der Waals surface area contributed by atoms with Crippen molar-refractivity contribution in [1.29, 1.82) is 0 Å². The monoisotopic (exact) mass is 375 g/mol. The van der Waals surface area contributed by atoms with E-state index in [1.54, 1.807) is 37.3 Å². The molecule has 0 bridgehead atoms. The fourth-order valence-corrected chi connectivity index (χ4v) is 3.78. The van der Waals surface area contributed by atoms with Crippen LogP contribution in [0, 0.1) is 6.92 Å². The first-order chi connectivity index (χ1) is 12.2. The highest BCUT2D eigenvalue weighted by molar-refractivity contribution is 7.89. The molecule has 1 fully saturated rings. The van der Waals surface area contributed by atoms with Crippen LogP contribution < -0.4 is 10.9 Å². The molecule has 6 nitrogen and oxygen atoms in total. The van der Waals surface area contributed by atoms with Crippen molar-refractivity contribution in [2.75, 3.05) is 11.6 Å². The second-order valence-corrected chi connectivity index (χ2v) is 8.98. The summed E-state index contributed by atoms with van der Waals surface area (Å²) in [6, 6.07) is 8.25.